The van der Waals surface area contributed by atoms with Gasteiger partial charge in [-0.15, -0.1) is 0 Å². The smallest absolute Gasteiger partial charge is 0.240 e. The predicted molar refractivity (Wildman–Crippen MR) is 292 cm³/mol. The highest BCUT2D eigenvalue weighted by Gasteiger charge is 2.41. The van der Waals surface area contributed by atoms with Gasteiger partial charge in [-0.05, 0) is 57.0 Å². The average Bonchev–Trinajstić information content (AvgIpc) is 1.70. The van der Waals surface area contributed by atoms with Gasteiger partial charge in [0.05, 0.1) is 59.3 Å². The van der Waals surface area contributed by atoms with Crippen LogP contribution in [0.15, 0.2) is 254 Å². The molecule has 0 bridgehead atoms. The number of benzene rings is 10. The Balaban J connectivity index is 1.20. The highest BCUT2D eigenvalue weighted by Crippen LogP contribution is 2.40. The van der Waals surface area contributed by atoms with Crippen molar-refractivity contribution in [3.8, 4) is 29.0 Å². The van der Waals surface area contributed by atoms with Gasteiger partial charge in [0, 0.05) is 37.9 Å². The molecule has 7 heteroatoms. The van der Waals surface area contributed by atoms with Gasteiger partial charge in [-0.3, -0.25) is 9.13 Å². The number of hydrogen-bond acceptors (Lipinski definition) is 3. The van der Waals surface area contributed by atoms with Crippen molar-refractivity contribution in [3.63, 3.8) is 0 Å². The van der Waals surface area contributed by atoms with E-state index in [1.54, 1.807) is 0 Å². The molecular weight excluding hydrogens is 869 g/mol. The van der Waals surface area contributed by atoms with Crippen LogP contribution in [0.3, 0.4) is 0 Å². The lowest BCUT2D eigenvalue weighted by Crippen LogP contribution is -2.74. The van der Waals surface area contributed by atoms with E-state index in [4.69, 9.17) is 21.8 Å². The Kier molecular flexibility index (Phi) is 6.30. The van der Waals surface area contributed by atoms with Crippen LogP contribution in [0.4, 0.5) is 0 Å². The number of rotatable bonds is 8. The third kappa shape index (κ3) is 5.95. The molecule has 10 aromatic carbocycles. The second-order valence-electron chi connectivity index (χ2n) is 16.8. The van der Waals surface area contributed by atoms with Gasteiger partial charge < -0.3 is 4.57 Å². The fraction of sp³-hybridized carbons (Fsp3) is 0. The van der Waals surface area contributed by atoms with Crippen LogP contribution >= 0.6 is 0 Å². The second kappa shape index (κ2) is 16.0. The monoisotopic (exact) mass is 925 g/mol. The SMILES string of the molecule is [2H]c1c([2H])c([2H])c2c(c1[2H])c1c([2H])c([2H])c([2H])c(-n3c4c([2H])c([2H])c([2H])c([2H])c4c4c([2H])c([2H])c([2H])c([2H])c43)c1n2-c1nc(-c2cccc([Si](c3ccccc3)(c3ccccc3)c3ccccc3)c2)nc(-n2c3ccccc3c3ccccc32)n1. The van der Waals surface area contributed by atoms with Crippen molar-refractivity contribution in [3.05, 3.63) is 254 Å². The summed E-state index contributed by atoms with van der Waals surface area (Å²) in [5.74, 6) is -0.197. The molecule has 4 heterocycles. The van der Waals surface area contributed by atoms with Gasteiger partial charge in [-0.1, -0.05) is 218 Å². The summed E-state index contributed by atoms with van der Waals surface area (Å²) in [5, 5.41) is 4.67. The van der Waals surface area contributed by atoms with Crippen LogP contribution in [0.5, 0.6) is 0 Å². The second-order valence-corrected chi connectivity index (χ2v) is 20.7. The quantitative estimate of drug-likeness (QED) is 0.113. The first kappa shape index (κ1) is 27.6. The normalized spacial score (nSPS) is 15.0. The molecule has 0 atom stereocenters. The van der Waals surface area contributed by atoms with Crippen molar-refractivity contribution in [2.45, 2.75) is 0 Å². The molecule has 14 rings (SSSR count). The molecule has 0 unspecified atom stereocenters. The van der Waals surface area contributed by atoms with Crippen LogP contribution in [0.2, 0.25) is 0 Å². The van der Waals surface area contributed by atoms with E-state index >= 15 is 0 Å². The number of para-hydroxylation sites is 6. The predicted octanol–water partition coefficient (Wildman–Crippen LogP) is 12.2. The average molecular weight is 926 g/mol. The minimum Gasteiger partial charge on any atom is -0.307 e. The van der Waals surface area contributed by atoms with E-state index in [1.165, 1.54) is 4.57 Å². The number of nitrogens with zero attached hydrogens (tertiary/aromatic N) is 6. The Morgan fingerprint density at radius 2 is 0.771 bits per heavy atom. The van der Waals surface area contributed by atoms with Gasteiger partial charge >= 0.3 is 0 Å². The van der Waals surface area contributed by atoms with Gasteiger partial charge in [0.2, 0.25) is 11.9 Å². The van der Waals surface area contributed by atoms with Gasteiger partial charge in [-0.25, -0.2) is 0 Å². The van der Waals surface area contributed by atoms with E-state index in [9.17, 15) is 13.7 Å². The molecule has 0 spiro atoms. The summed E-state index contributed by atoms with van der Waals surface area (Å²) in [6.45, 7) is 0. The first-order valence-electron chi connectivity index (χ1n) is 30.1. The van der Waals surface area contributed by atoms with Crippen molar-refractivity contribution in [1.82, 2.24) is 28.7 Å². The molecule has 14 aromatic rings. The molecule has 4 aromatic heterocycles. The maximum absolute atomic E-state index is 9.97. The largest absolute Gasteiger partial charge is 0.307 e. The van der Waals surface area contributed by atoms with E-state index in [-0.39, 0.29) is 50.3 Å². The lowest BCUT2D eigenvalue weighted by molar-refractivity contribution is 0.891. The molecule has 0 saturated carbocycles. The molecule has 0 aliphatic rings. The summed E-state index contributed by atoms with van der Waals surface area (Å²) in [7, 11) is -3.24. The lowest BCUT2D eigenvalue weighted by atomic mass is 10.1. The Labute approximate surface area is 425 Å². The van der Waals surface area contributed by atoms with Crippen LogP contribution in [-0.4, -0.2) is 36.7 Å². The molecule has 0 saturated heterocycles. The van der Waals surface area contributed by atoms with Crippen molar-refractivity contribution in [2.75, 3.05) is 0 Å². The molecule has 0 amide bonds. The summed E-state index contributed by atoms with van der Waals surface area (Å²) >= 11 is 0. The van der Waals surface area contributed by atoms with E-state index in [0.717, 1.165) is 36.1 Å². The standard InChI is InChI=1S/C63H42N6Si/c1-4-23-44(24-5-1)70(45-25-6-2-7-26-45,46-27-8-3-9-28-46)47-29-20-22-43(42-47)61-64-62(68-56-38-17-12-32-50(56)51-33-13-18-39-57(51)68)66-63(65-61)69-58-40-19-14-34-52(58)53-35-21-41-59(60(53)69)67-54-36-15-10-30-48(54)49-31-11-16-37-55(49)67/h1-42H/i10D,11D,14D,15D,16D,19D,21D,30D,31D,34D,35D,36D,37D,40D,41D. The number of aromatic nitrogens is 6. The maximum Gasteiger partial charge on any atom is 0.240 e. The molecule has 0 N–H and O–H groups in total. The fourth-order valence-electron chi connectivity index (χ4n) is 10.3. The number of hydrogen-bond donors (Lipinski definition) is 0. The topological polar surface area (TPSA) is 53.5 Å². The third-order valence-electron chi connectivity index (χ3n) is 13.2. The van der Waals surface area contributed by atoms with Crippen LogP contribution < -0.4 is 20.7 Å². The fourth-order valence-corrected chi connectivity index (χ4v) is 15.1. The Morgan fingerprint density at radius 3 is 1.33 bits per heavy atom. The lowest BCUT2D eigenvalue weighted by Gasteiger charge is -2.34. The van der Waals surface area contributed by atoms with E-state index in [2.05, 4.69) is 42.5 Å². The highest BCUT2D eigenvalue weighted by atomic mass is 28.3. The van der Waals surface area contributed by atoms with E-state index < -0.39 is 115 Å². The summed E-state index contributed by atoms with van der Waals surface area (Å²) in [6.07, 6.45) is 0. The summed E-state index contributed by atoms with van der Waals surface area (Å²) in [6, 6.07) is 43.7. The van der Waals surface area contributed by atoms with Crippen LogP contribution in [0.1, 0.15) is 20.6 Å². The van der Waals surface area contributed by atoms with Crippen molar-refractivity contribution < 1.29 is 20.6 Å². The van der Waals surface area contributed by atoms with E-state index in [0.29, 0.717) is 16.6 Å². The third-order valence-corrected chi connectivity index (χ3v) is 18.0. The molecule has 0 radical (unpaired) electrons. The summed E-state index contributed by atoms with van der Waals surface area (Å²) < 4.78 is 144. The Bertz CT molecular complexity index is 4980. The molecule has 328 valence electrons. The van der Waals surface area contributed by atoms with Crippen LogP contribution in [0, 0.1) is 0 Å². The number of fused-ring (bicyclic) bond motifs is 9. The van der Waals surface area contributed by atoms with Crippen molar-refractivity contribution in [2.24, 2.45) is 0 Å². The van der Waals surface area contributed by atoms with Crippen LogP contribution in [0.25, 0.3) is 94.4 Å². The van der Waals surface area contributed by atoms with E-state index in [1.807, 2.05) is 126 Å². The Hall–Kier alpha value is -9.17. The molecule has 0 fully saturated rings. The molecule has 0 aliphatic heterocycles. The van der Waals surface area contributed by atoms with Gasteiger partial charge in [-0.2, -0.15) is 15.0 Å². The molecule has 0 aliphatic carbocycles. The maximum atomic E-state index is 9.97. The zero-order chi connectivity index (χ0) is 59.2. The first-order valence-corrected chi connectivity index (χ1v) is 24.6. The van der Waals surface area contributed by atoms with Gasteiger partial charge in [0.15, 0.2) is 13.9 Å². The van der Waals surface area contributed by atoms with Gasteiger partial charge in [0.25, 0.3) is 0 Å². The zero-order valence-electron chi connectivity index (χ0n) is 51.8. The minimum absolute atomic E-state index is 0.0345. The first-order chi connectivity index (χ1) is 41.0. The van der Waals surface area contributed by atoms with Gasteiger partial charge in [0.1, 0.15) is 0 Å². The van der Waals surface area contributed by atoms with Crippen molar-refractivity contribution in [1.29, 1.82) is 0 Å². The molecular formula is C63H42N6Si. The van der Waals surface area contributed by atoms with Crippen LogP contribution in [-0.2, 0) is 0 Å². The molecule has 70 heavy (non-hydrogen) atoms. The van der Waals surface area contributed by atoms with Crippen molar-refractivity contribution >= 4 is 94.2 Å². The minimum atomic E-state index is -3.24. The summed E-state index contributed by atoms with van der Waals surface area (Å²) in [5.41, 5.74) is -0.0209. The Morgan fingerprint density at radius 1 is 0.329 bits per heavy atom. The zero-order valence-corrected chi connectivity index (χ0v) is 37.8. The molecule has 6 nitrogen and oxygen atoms in total. The highest BCUT2D eigenvalue weighted by molar-refractivity contribution is 7.19. The summed E-state index contributed by atoms with van der Waals surface area (Å²) in [4.78, 5) is 15.9.